The first-order chi connectivity index (χ1) is 7.40. The molecule has 0 atom stereocenters. The molecule has 1 rings (SSSR count). The average molecular weight is 369 g/mol. The predicted octanol–water partition coefficient (Wildman–Crippen LogP) is -1.27. The highest BCUT2D eigenvalue weighted by Crippen LogP contribution is 2.10. The number of nitrogens with one attached hydrogen (secondary N) is 1. The van der Waals surface area contributed by atoms with Gasteiger partial charge in [-0.05, 0) is 34.7 Å². The number of halogens is 2. The number of amides is 1. The van der Waals surface area contributed by atoms with Crippen molar-refractivity contribution in [2.75, 3.05) is 34.2 Å². The van der Waals surface area contributed by atoms with Crippen molar-refractivity contribution in [2.45, 2.75) is 0 Å². The van der Waals surface area contributed by atoms with Gasteiger partial charge in [0, 0.05) is 3.57 Å². The van der Waals surface area contributed by atoms with E-state index < -0.39 is 0 Å². The second-order valence-corrected chi connectivity index (χ2v) is 5.91. The van der Waals surface area contributed by atoms with E-state index in [-0.39, 0.29) is 18.3 Å². The fourth-order valence-corrected chi connectivity index (χ4v) is 1.88. The molecule has 1 aromatic carbocycles. The molecule has 3 nitrogen and oxygen atoms in total. The van der Waals surface area contributed by atoms with Crippen LogP contribution in [0.5, 0.6) is 0 Å². The van der Waals surface area contributed by atoms with Crippen molar-refractivity contribution in [2.24, 2.45) is 0 Å². The largest absolute Gasteiger partial charge is 1.00 e. The second-order valence-electron chi connectivity index (χ2n) is 4.75. The van der Waals surface area contributed by atoms with Crippen molar-refractivity contribution < 1.29 is 21.7 Å². The summed E-state index contributed by atoms with van der Waals surface area (Å²) in [5.74, 6) is 0.0125. The lowest BCUT2D eigenvalue weighted by atomic mass is 10.2. The van der Waals surface area contributed by atoms with E-state index in [1.54, 1.807) is 0 Å². The molecule has 17 heavy (non-hydrogen) atoms. The minimum atomic E-state index is 0. The quantitative estimate of drug-likeness (QED) is 0.521. The lowest BCUT2D eigenvalue weighted by Crippen LogP contribution is -3.00. The smallest absolute Gasteiger partial charge is 0.252 e. The van der Waals surface area contributed by atoms with E-state index in [1.165, 1.54) is 0 Å². The topological polar surface area (TPSA) is 29.1 Å². The van der Waals surface area contributed by atoms with Gasteiger partial charge in [-0.25, -0.2) is 0 Å². The Hall–Kier alpha value is -0.330. The number of carbonyl (C=O) groups excluding carboxylic acids is 1. The lowest BCUT2D eigenvalue weighted by molar-refractivity contribution is -0.869. The fraction of sp³-hybridized carbons (Fsp3) is 0.417. The second kappa shape index (κ2) is 7.18. The van der Waals surface area contributed by atoms with Crippen LogP contribution >= 0.6 is 22.6 Å². The molecular weight excluding hydrogens is 351 g/mol. The molecule has 1 amide bonds. The Morgan fingerprint density at radius 1 is 1.29 bits per heavy atom. The third kappa shape index (κ3) is 6.24. The molecule has 5 heteroatoms. The zero-order valence-corrected chi connectivity index (χ0v) is 13.2. The normalized spacial score (nSPS) is 10.6. The molecule has 0 spiro atoms. The van der Waals surface area contributed by atoms with Crippen LogP contribution in [0, 0.1) is 3.57 Å². The molecule has 0 aliphatic heterocycles. The lowest BCUT2D eigenvalue weighted by Gasteiger charge is -2.23. The number of rotatable bonds is 4. The molecule has 0 radical (unpaired) electrons. The summed E-state index contributed by atoms with van der Waals surface area (Å²) in [5, 5.41) is 2.94. The zero-order chi connectivity index (χ0) is 12.2. The van der Waals surface area contributed by atoms with Gasteiger partial charge in [-0.1, -0.05) is 12.1 Å². The van der Waals surface area contributed by atoms with Crippen molar-refractivity contribution in [3.63, 3.8) is 0 Å². The number of benzene rings is 1. The summed E-state index contributed by atoms with van der Waals surface area (Å²) in [6, 6.07) is 7.61. The van der Waals surface area contributed by atoms with Crippen molar-refractivity contribution in [3.8, 4) is 0 Å². The van der Waals surface area contributed by atoms with E-state index in [0.717, 1.165) is 20.2 Å². The van der Waals surface area contributed by atoms with Gasteiger partial charge in [0.15, 0.2) is 0 Å². The van der Waals surface area contributed by atoms with Gasteiger partial charge in [-0.2, -0.15) is 0 Å². The Kier molecular flexibility index (Phi) is 7.04. The number of hydrogen-bond acceptors (Lipinski definition) is 1. The standard InChI is InChI=1S/C12H17IN2O.ClH/c1-15(2,3)9-8-14-12(16)10-6-4-5-7-11(10)13;/h4-7H,8-9H2,1-3H3;1H. The molecule has 0 heterocycles. The van der Waals surface area contributed by atoms with Crippen LogP contribution in [0.3, 0.4) is 0 Å². The van der Waals surface area contributed by atoms with E-state index in [9.17, 15) is 4.79 Å². The Morgan fingerprint density at radius 3 is 2.41 bits per heavy atom. The van der Waals surface area contributed by atoms with Crippen LogP contribution in [0.2, 0.25) is 0 Å². The zero-order valence-electron chi connectivity index (χ0n) is 10.3. The molecule has 0 bridgehead atoms. The van der Waals surface area contributed by atoms with Gasteiger partial charge in [-0.3, -0.25) is 4.79 Å². The highest BCUT2D eigenvalue weighted by molar-refractivity contribution is 14.1. The van der Waals surface area contributed by atoms with Gasteiger partial charge in [0.05, 0.1) is 39.8 Å². The molecule has 1 aromatic rings. The summed E-state index contributed by atoms with van der Waals surface area (Å²) in [6.45, 7) is 1.63. The highest BCUT2D eigenvalue weighted by Gasteiger charge is 2.11. The third-order valence-corrected chi connectivity index (χ3v) is 3.13. The van der Waals surface area contributed by atoms with E-state index in [4.69, 9.17) is 0 Å². The SMILES string of the molecule is C[N+](C)(C)CCNC(=O)c1ccccc1I.[Cl-]. The molecule has 0 fully saturated rings. The summed E-state index contributed by atoms with van der Waals surface area (Å²) in [6.07, 6.45) is 0. The average Bonchev–Trinajstić information content (AvgIpc) is 2.16. The van der Waals surface area contributed by atoms with Crippen LogP contribution in [0.25, 0.3) is 0 Å². The van der Waals surface area contributed by atoms with Crippen LogP contribution < -0.4 is 17.7 Å². The predicted molar refractivity (Wildman–Crippen MR) is 74.4 cm³/mol. The molecule has 0 saturated carbocycles. The van der Waals surface area contributed by atoms with Gasteiger partial charge in [0.2, 0.25) is 0 Å². The highest BCUT2D eigenvalue weighted by atomic mass is 127. The first kappa shape index (κ1) is 16.7. The van der Waals surface area contributed by atoms with Gasteiger partial charge in [0.1, 0.15) is 0 Å². The van der Waals surface area contributed by atoms with Crippen molar-refractivity contribution >= 4 is 28.5 Å². The van der Waals surface area contributed by atoms with Gasteiger partial charge < -0.3 is 22.2 Å². The Balaban J connectivity index is 0.00000256. The summed E-state index contributed by atoms with van der Waals surface area (Å²) in [5.41, 5.74) is 0.754. The Morgan fingerprint density at radius 2 is 1.88 bits per heavy atom. The number of hydrogen-bond donors (Lipinski definition) is 1. The molecule has 0 saturated heterocycles. The molecule has 1 N–H and O–H groups in total. The van der Waals surface area contributed by atoms with E-state index in [2.05, 4.69) is 49.1 Å². The van der Waals surface area contributed by atoms with E-state index in [1.807, 2.05) is 24.3 Å². The summed E-state index contributed by atoms with van der Waals surface area (Å²) < 4.78 is 1.84. The number of quaternary nitrogens is 1. The summed E-state index contributed by atoms with van der Waals surface area (Å²) >= 11 is 2.18. The maximum Gasteiger partial charge on any atom is 0.252 e. The fourth-order valence-electron chi connectivity index (χ4n) is 1.25. The van der Waals surface area contributed by atoms with E-state index >= 15 is 0 Å². The molecule has 0 aliphatic carbocycles. The molecule has 0 aliphatic rings. The van der Waals surface area contributed by atoms with Crippen LogP contribution in [0.4, 0.5) is 0 Å². The van der Waals surface area contributed by atoms with Crippen LogP contribution in [-0.4, -0.2) is 44.6 Å². The van der Waals surface area contributed by atoms with Crippen LogP contribution in [-0.2, 0) is 0 Å². The first-order valence-corrected chi connectivity index (χ1v) is 6.31. The van der Waals surface area contributed by atoms with Gasteiger partial charge in [0.25, 0.3) is 5.91 Å². The van der Waals surface area contributed by atoms with Gasteiger partial charge >= 0.3 is 0 Å². The maximum absolute atomic E-state index is 11.8. The maximum atomic E-state index is 11.8. The number of carbonyl (C=O) groups is 1. The number of likely N-dealkylation sites (N-methyl/N-ethyl adjacent to an activating group) is 1. The monoisotopic (exact) mass is 368 g/mol. The Labute approximate surface area is 123 Å². The Bertz CT molecular complexity index is 377. The van der Waals surface area contributed by atoms with Gasteiger partial charge in [-0.15, -0.1) is 0 Å². The summed E-state index contributed by atoms with van der Waals surface area (Å²) in [7, 11) is 6.33. The van der Waals surface area contributed by atoms with Crippen molar-refractivity contribution in [1.82, 2.24) is 5.32 Å². The first-order valence-electron chi connectivity index (χ1n) is 5.23. The minimum Gasteiger partial charge on any atom is -1.00 e. The third-order valence-electron chi connectivity index (χ3n) is 2.19. The summed E-state index contributed by atoms with van der Waals surface area (Å²) in [4.78, 5) is 11.8. The number of nitrogens with zero attached hydrogens (tertiary/aromatic N) is 1. The molecule has 96 valence electrons. The molecule has 0 unspecified atom stereocenters. The molecule has 0 aromatic heterocycles. The van der Waals surface area contributed by atoms with E-state index in [0.29, 0.717) is 6.54 Å². The van der Waals surface area contributed by atoms with Crippen LogP contribution in [0.15, 0.2) is 24.3 Å². The minimum absolute atomic E-state index is 0. The van der Waals surface area contributed by atoms with Crippen molar-refractivity contribution in [3.05, 3.63) is 33.4 Å². The molecular formula is C12H18ClIN2O. The van der Waals surface area contributed by atoms with Crippen LogP contribution in [0.1, 0.15) is 10.4 Å². The van der Waals surface area contributed by atoms with Crippen molar-refractivity contribution in [1.29, 1.82) is 0 Å².